The van der Waals surface area contributed by atoms with Crippen molar-refractivity contribution in [3.63, 3.8) is 0 Å². The molecular formula is C26H30N5O4+. The van der Waals surface area contributed by atoms with Gasteiger partial charge < -0.3 is 15.2 Å². The van der Waals surface area contributed by atoms with Gasteiger partial charge in [0.25, 0.3) is 0 Å². The third-order valence-corrected chi connectivity index (χ3v) is 7.10. The molecule has 5 rings (SSSR count). The van der Waals surface area contributed by atoms with Gasteiger partial charge in [0.05, 0.1) is 41.9 Å². The van der Waals surface area contributed by atoms with Crippen molar-refractivity contribution in [2.75, 3.05) is 11.9 Å². The summed E-state index contributed by atoms with van der Waals surface area (Å²) in [7, 11) is 0. The van der Waals surface area contributed by atoms with Crippen LogP contribution >= 0.6 is 0 Å². The van der Waals surface area contributed by atoms with Crippen LogP contribution in [0.3, 0.4) is 0 Å². The number of hydrogen-bond donors (Lipinski definition) is 3. The first-order valence-corrected chi connectivity index (χ1v) is 12.1. The number of anilines is 1. The average Bonchev–Trinajstić information content (AvgIpc) is 3.57. The van der Waals surface area contributed by atoms with Crippen LogP contribution in [0.25, 0.3) is 10.9 Å². The lowest BCUT2D eigenvalue weighted by atomic mass is 9.80. The summed E-state index contributed by atoms with van der Waals surface area (Å²) in [6, 6.07) is 10.9. The first-order chi connectivity index (χ1) is 16.8. The Balaban J connectivity index is 1.41. The molecule has 9 nitrogen and oxygen atoms in total. The molecular weight excluding hydrogens is 446 g/mol. The van der Waals surface area contributed by atoms with Crippen LogP contribution in [0.1, 0.15) is 67.2 Å². The molecule has 2 aromatic heterocycles. The summed E-state index contributed by atoms with van der Waals surface area (Å²) in [4.78, 5) is 13.0. The van der Waals surface area contributed by atoms with Gasteiger partial charge in [-0.1, -0.05) is 0 Å². The second-order valence-electron chi connectivity index (χ2n) is 9.88. The molecule has 0 saturated heterocycles. The van der Waals surface area contributed by atoms with Crippen LogP contribution in [0.4, 0.5) is 5.69 Å². The summed E-state index contributed by atoms with van der Waals surface area (Å²) in [6.07, 6.45) is 7.01. The molecule has 3 N–H and O–H groups in total. The highest BCUT2D eigenvalue weighted by Gasteiger charge is 2.34. The highest BCUT2D eigenvalue weighted by atomic mass is 16.5. The van der Waals surface area contributed by atoms with E-state index in [-0.39, 0.29) is 18.2 Å². The zero-order valence-corrected chi connectivity index (χ0v) is 19.8. The van der Waals surface area contributed by atoms with Crippen LogP contribution < -0.4 is 14.8 Å². The number of pyridine rings is 1. The third-order valence-electron chi connectivity index (χ3n) is 7.10. The number of nitriles is 1. The number of aryl methyl sites for hydroxylation is 1. The summed E-state index contributed by atoms with van der Waals surface area (Å²) in [6.45, 7) is 2.30. The summed E-state index contributed by atoms with van der Waals surface area (Å²) in [5.74, 6) is 0.646. The normalized spacial score (nSPS) is 22.0. The van der Waals surface area contributed by atoms with Crippen molar-refractivity contribution >= 4 is 22.5 Å². The van der Waals surface area contributed by atoms with Gasteiger partial charge in [0.2, 0.25) is 5.69 Å². The number of benzene rings is 1. The number of amides is 1. The Morgan fingerprint density at radius 3 is 2.80 bits per heavy atom. The van der Waals surface area contributed by atoms with Gasteiger partial charge >= 0.3 is 11.6 Å². The Hall–Kier alpha value is -3.64. The molecule has 1 amide bonds. The monoisotopic (exact) mass is 476 g/mol. The predicted octanol–water partition coefficient (Wildman–Crippen LogP) is 3.67. The van der Waals surface area contributed by atoms with Gasteiger partial charge in [-0.2, -0.15) is 10.4 Å². The van der Waals surface area contributed by atoms with E-state index in [1.807, 2.05) is 23.0 Å². The highest BCUT2D eigenvalue weighted by molar-refractivity contribution is 6.04. The maximum atomic E-state index is 13.0. The van der Waals surface area contributed by atoms with Crippen molar-refractivity contribution < 1.29 is 24.6 Å². The minimum Gasteiger partial charge on any atom is -0.491 e. The van der Waals surface area contributed by atoms with Crippen molar-refractivity contribution in [3.8, 4) is 11.8 Å². The van der Waals surface area contributed by atoms with Gasteiger partial charge in [-0.15, -0.1) is 0 Å². The number of aliphatic hydroxyl groups is 1. The van der Waals surface area contributed by atoms with Crippen molar-refractivity contribution in [1.82, 2.24) is 9.78 Å². The quantitative estimate of drug-likeness (QED) is 0.353. The van der Waals surface area contributed by atoms with Crippen LogP contribution in [-0.2, 0) is 0 Å². The fraction of sp³-hybridized carbons (Fsp3) is 0.462. The van der Waals surface area contributed by atoms with E-state index in [1.54, 1.807) is 25.1 Å². The first kappa shape index (κ1) is 23.1. The molecule has 0 unspecified atom stereocenters. The molecule has 0 radical (unpaired) electrons. The maximum absolute atomic E-state index is 13.0. The molecule has 35 heavy (non-hydrogen) atoms. The number of aromatic nitrogens is 3. The molecule has 2 fully saturated rings. The standard InChI is InChI=1S/C26H29N5O4/c1-17-3-2-4-23(31(17)34)25(32)28-22-13-19-15-30(20-7-9-26(33,10-8-20)11-12-27)29-21(19)14-24(22)35-16-18-5-6-18/h2-4,13-15,18,20,33H,5-11,16H2,1H3,(H-,28,32,34)/p+1. The second-order valence-corrected chi connectivity index (χ2v) is 9.88. The Morgan fingerprint density at radius 1 is 1.31 bits per heavy atom. The Bertz CT molecular complexity index is 1300. The largest absolute Gasteiger partial charge is 0.491 e. The van der Waals surface area contributed by atoms with Crippen molar-refractivity contribution in [1.29, 1.82) is 5.26 Å². The fourth-order valence-electron chi connectivity index (χ4n) is 4.66. The SMILES string of the molecule is Cc1cccc(C(=O)Nc2cc3cn(C4CCC(O)(CC#N)CC4)nc3cc2OCC2CC2)[n+]1O. The molecule has 182 valence electrons. The highest BCUT2D eigenvalue weighted by Crippen LogP contribution is 2.38. The minimum absolute atomic E-state index is 0.126. The van der Waals surface area contributed by atoms with E-state index in [9.17, 15) is 15.1 Å². The minimum atomic E-state index is -0.904. The molecule has 9 heteroatoms. The summed E-state index contributed by atoms with van der Waals surface area (Å²) < 4.78 is 8.87. The van der Waals surface area contributed by atoms with Crippen LogP contribution in [-0.4, -0.2) is 38.2 Å². The van der Waals surface area contributed by atoms with E-state index in [0.29, 0.717) is 42.5 Å². The van der Waals surface area contributed by atoms with Crippen molar-refractivity contribution in [2.24, 2.45) is 5.92 Å². The third kappa shape index (κ3) is 4.93. The van der Waals surface area contributed by atoms with Crippen molar-refractivity contribution in [2.45, 2.75) is 63.5 Å². The lowest BCUT2D eigenvalue weighted by Gasteiger charge is -2.34. The number of nitrogens with zero attached hydrogens (tertiary/aromatic N) is 4. The van der Waals surface area contributed by atoms with E-state index >= 15 is 0 Å². The van der Waals surface area contributed by atoms with Crippen molar-refractivity contribution in [3.05, 3.63) is 47.9 Å². The van der Waals surface area contributed by atoms with E-state index in [4.69, 9.17) is 15.1 Å². The predicted molar refractivity (Wildman–Crippen MR) is 127 cm³/mol. The van der Waals surface area contributed by atoms with E-state index in [0.717, 1.165) is 41.3 Å². The Morgan fingerprint density at radius 2 is 2.09 bits per heavy atom. The number of hydrogen-bond acceptors (Lipinski definition) is 6. The van der Waals surface area contributed by atoms with Gasteiger partial charge in [0.1, 0.15) is 5.75 Å². The summed E-state index contributed by atoms with van der Waals surface area (Å²) >= 11 is 0. The molecule has 3 aromatic rings. The number of fused-ring (bicyclic) bond motifs is 1. The number of nitrogens with one attached hydrogen (secondary N) is 1. The van der Waals surface area contributed by atoms with Gasteiger partial charge in [-0.3, -0.25) is 14.7 Å². The lowest BCUT2D eigenvalue weighted by molar-refractivity contribution is -0.909. The first-order valence-electron chi connectivity index (χ1n) is 12.1. The van der Waals surface area contributed by atoms with Crippen LogP contribution in [0.15, 0.2) is 36.5 Å². The zero-order valence-electron chi connectivity index (χ0n) is 19.8. The smallest absolute Gasteiger partial charge is 0.325 e. The average molecular weight is 477 g/mol. The van der Waals surface area contributed by atoms with Gasteiger partial charge in [-0.05, 0) is 56.6 Å². The van der Waals surface area contributed by atoms with E-state index < -0.39 is 11.5 Å². The number of carbonyl (C=O) groups is 1. The molecule has 0 atom stereocenters. The fourth-order valence-corrected chi connectivity index (χ4v) is 4.66. The van der Waals surface area contributed by atoms with Crippen LogP contribution in [0.2, 0.25) is 0 Å². The van der Waals surface area contributed by atoms with Gasteiger partial charge in [0.15, 0.2) is 0 Å². The molecule has 1 aromatic carbocycles. The zero-order chi connectivity index (χ0) is 24.6. The Kier molecular flexibility index (Phi) is 6.07. The number of ether oxygens (including phenoxy) is 1. The molecule has 2 saturated carbocycles. The van der Waals surface area contributed by atoms with Crippen LogP contribution in [0.5, 0.6) is 5.75 Å². The van der Waals surface area contributed by atoms with E-state index in [2.05, 4.69) is 11.4 Å². The maximum Gasteiger partial charge on any atom is 0.325 e. The number of rotatable bonds is 7. The topological polar surface area (TPSA) is 124 Å². The lowest BCUT2D eigenvalue weighted by Crippen LogP contribution is -2.42. The van der Waals surface area contributed by atoms with E-state index in [1.165, 1.54) is 0 Å². The van der Waals surface area contributed by atoms with Gasteiger partial charge in [0, 0.05) is 41.4 Å². The Labute approximate surface area is 203 Å². The van der Waals surface area contributed by atoms with Gasteiger partial charge in [-0.25, -0.2) is 0 Å². The second kappa shape index (κ2) is 9.19. The molecule has 2 aliphatic carbocycles. The molecule has 0 aliphatic heterocycles. The van der Waals surface area contributed by atoms with Crippen LogP contribution in [0, 0.1) is 24.2 Å². The molecule has 0 bridgehead atoms. The summed E-state index contributed by atoms with van der Waals surface area (Å²) in [5, 5.41) is 38.3. The molecule has 0 spiro atoms. The molecule has 2 heterocycles. The molecule has 2 aliphatic rings. The summed E-state index contributed by atoms with van der Waals surface area (Å²) in [5.41, 5.74) is 1.06. The number of carbonyl (C=O) groups excluding carboxylic acids is 1.